The average molecular weight is 206 g/mol. The quantitative estimate of drug-likeness (QED) is 0.626. The Morgan fingerprint density at radius 1 is 1.47 bits per heavy atom. The highest BCUT2D eigenvalue weighted by molar-refractivity contribution is 6.05. The molecule has 1 aliphatic carbocycles. The van der Waals surface area contributed by atoms with Gasteiger partial charge in [0, 0.05) is 5.57 Å². The molecule has 1 heteroatoms. The lowest BCUT2D eigenvalue weighted by molar-refractivity contribution is -0.112. The van der Waals surface area contributed by atoms with Gasteiger partial charge in [0.15, 0.2) is 5.78 Å². The van der Waals surface area contributed by atoms with Crippen LogP contribution in [0.5, 0.6) is 0 Å². The van der Waals surface area contributed by atoms with Crippen molar-refractivity contribution in [2.24, 2.45) is 11.3 Å². The monoisotopic (exact) mass is 206 g/mol. The van der Waals surface area contributed by atoms with Crippen molar-refractivity contribution in [2.45, 2.75) is 47.5 Å². The van der Waals surface area contributed by atoms with Gasteiger partial charge in [0.05, 0.1) is 0 Å². The third-order valence-electron chi connectivity index (χ3n) is 3.18. The van der Waals surface area contributed by atoms with E-state index in [-0.39, 0.29) is 11.2 Å². The molecule has 0 N–H and O–H groups in total. The Kier molecular flexibility index (Phi) is 3.54. The van der Waals surface area contributed by atoms with Crippen LogP contribution < -0.4 is 0 Å². The fraction of sp³-hybridized carbons (Fsp3) is 0.643. The minimum atomic E-state index is 0.0400. The van der Waals surface area contributed by atoms with Crippen molar-refractivity contribution in [3.63, 3.8) is 0 Å². The van der Waals surface area contributed by atoms with Crippen molar-refractivity contribution in [3.8, 4) is 0 Å². The van der Waals surface area contributed by atoms with E-state index in [2.05, 4.69) is 27.7 Å². The lowest BCUT2D eigenvalue weighted by Crippen LogP contribution is -2.28. The second kappa shape index (κ2) is 4.34. The van der Waals surface area contributed by atoms with E-state index in [1.807, 2.05) is 13.0 Å². The van der Waals surface area contributed by atoms with Gasteiger partial charge in [0.25, 0.3) is 0 Å². The van der Waals surface area contributed by atoms with Gasteiger partial charge in [-0.3, -0.25) is 4.79 Å². The number of carbonyl (C=O) groups is 1. The van der Waals surface area contributed by atoms with Gasteiger partial charge in [0.2, 0.25) is 0 Å². The van der Waals surface area contributed by atoms with Crippen LogP contribution in [-0.2, 0) is 4.79 Å². The number of ketones is 1. The third kappa shape index (κ3) is 2.58. The molecule has 1 rings (SSSR count). The molecule has 0 saturated heterocycles. The van der Waals surface area contributed by atoms with Crippen LogP contribution in [0.2, 0.25) is 0 Å². The van der Waals surface area contributed by atoms with E-state index in [9.17, 15) is 4.79 Å². The summed E-state index contributed by atoms with van der Waals surface area (Å²) in [7, 11) is 0. The second-order valence-corrected chi connectivity index (χ2v) is 5.42. The van der Waals surface area contributed by atoms with E-state index in [0.717, 1.165) is 18.4 Å². The highest BCUT2D eigenvalue weighted by atomic mass is 16.1. The molecule has 0 bridgehead atoms. The Morgan fingerprint density at radius 2 is 2.07 bits per heavy atom. The van der Waals surface area contributed by atoms with Gasteiger partial charge in [-0.25, -0.2) is 0 Å². The van der Waals surface area contributed by atoms with E-state index in [1.54, 1.807) is 6.08 Å². The zero-order valence-corrected chi connectivity index (χ0v) is 10.6. The van der Waals surface area contributed by atoms with Crippen molar-refractivity contribution >= 4 is 5.78 Å². The first-order valence-electron chi connectivity index (χ1n) is 5.75. The average Bonchev–Trinajstić information content (AvgIpc) is 1.99. The summed E-state index contributed by atoms with van der Waals surface area (Å²) in [6.45, 7) is 10.6. The van der Waals surface area contributed by atoms with Crippen molar-refractivity contribution < 1.29 is 4.79 Å². The third-order valence-corrected chi connectivity index (χ3v) is 3.18. The molecule has 0 aliphatic heterocycles. The molecule has 0 amide bonds. The molecule has 0 aromatic carbocycles. The largest absolute Gasteiger partial charge is 0.290 e. The van der Waals surface area contributed by atoms with Crippen LogP contribution >= 0.6 is 0 Å². The van der Waals surface area contributed by atoms with Crippen LogP contribution in [0, 0.1) is 11.3 Å². The van der Waals surface area contributed by atoms with Crippen molar-refractivity contribution in [1.82, 2.24) is 0 Å². The molecule has 15 heavy (non-hydrogen) atoms. The first-order chi connectivity index (χ1) is 6.88. The first-order valence-corrected chi connectivity index (χ1v) is 5.75. The number of hydrogen-bond acceptors (Lipinski definition) is 1. The smallest absolute Gasteiger partial charge is 0.181 e. The van der Waals surface area contributed by atoms with Gasteiger partial charge >= 0.3 is 0 Å². The lowest BCUT2D eigenvalue weighted by atomic mass is 9.67. The van der Waals surface area contributed by atoms with E-state index in [1.165, 1.54) is 5.57 Å². The summed E-state index contributed by atoms with van der Waals surface area (Å²) in [5.41, 5.74) is 2.36. The molecule has 0 heterocycles. The molecule has 0 aromatic heterocycles. The van der Waals surface area contributed by atoms with Crippen molar-refractivity contribution in [3.05, 3.63) is 23.3 Å². The predicted molar refractivity (Wildman–Crippen MR) is 64.7 cm³/mol. The minimum absolute atomic E-state index is 0.0400. The van der Waals surface area contributed by atoms with Gasteiger partial charge in [-0.2, -0.15) is 0 Å². The molecule has 84 valence electrons. The molecule has 1 atom stereocenters. The Bertz CT molecular complexity index is 318. The SMILES string of the molecule is CC=CC(=O)C1=C(C)CC(C)CC1(C)C. The number of allylic oxidation sites excluding steroid dienone is 4. The Balaban J connectivity index is 3.11. The molecule has 1 aliphatic rings. The van der Waals surface area contributed by atoms with E-state index < -0.39 is 0 Å². The molecule has 0 spiro atoms. The van der Waals surface area contributed by atoms with E-state index in [0.29, 0.717) is 5.92 Å². The lowest BCUT2D eigenvalue weighted by Gasteiger charge is -2.36. The molecule has 1 unspecified atom stereocenters. The first kappa shape index (κ1) is 12.2. The topological polar surface area (TPSA) is 17.1 Å². The minimum Gasteiger partial charge on any atom is -0.290 e. The number of hydrogen-bond donors (Lipinski definition) is 0. The summed E-state index contributed by atoms with van der Waals surface area (Å²) in [4.78, 5) is 12.0. The maximum absolute atomic E-state index is 12.0. The summed E-state index contributed by atoms with van der Waals surface area (Å²) in [6.07, 6.45) is 5.71. The highest BCUT2D eigenvalue weighted by Gasteiger charge is 2.34. The molecular formula is C14H22O. The molecule has 1 nitrogen and oxygen atoms in total. The Hall–Kier alpha value is -0.850. The second-order valence-electron chi connectivity index (χ2n) is 5.42. The van der Waals surface area contributed by atoms with Crippen LogP contribution in [0.4, 0.5) is 0 Å². The van der Waals surface area contributed by atoms with E-state index in [4.69, 9.17) is 0 Å². The maximum Gasteiger partial charge on any atom is 0.181 e. The Labute approximate surface area is 93.3 Å². The van der Waals surface area contributed by atoms with Crippen molar-refractivity contribution in [1.29, 1.82) is 0 Å². The molecule has 0 aromatic rings. The Morgan fingerprint density at radius 3 is 2.53 bits per heavy atom. The highest BCUT2D eigenvalue weighted by Crippen LogP contribution is 2.43. The molecule has 0 fully saturated rings. The maximum atomic E-state index is 12.0. The summed E-state index contributed by atoms with van der Waals surface area (Å²) in [6, 6.07) is 0. The predicted octanol–water partition coefficient (Wildman–Crippen LogP) is 3.90. The van der Waals surface area contributed by atoms with Gasteiger partial charge in [-0.1, -0.05) is 32.4 Å². The molecular weight excluding hydrogens is 184 g/mol. The zero-order valence-electron chi connectivity index (χ0n) is 10.6. The van der Waals surface area contributed by atoms with Crippen molar-refractivity contribution in [2.75, 3.05) is 0 Å². The summed E-state index contributed by atoms with van der Waals surface area (Å²) in [5, 5.41) is 0. The van der Waals surface area contributed by atoms with Crippen LogP contribution in [0.15, 0.2) is 23.3 Å². The van der Waals surface area contributed by atoms with Crippen LogP contribution in [0.1, 0.15) is 47.5 Å². The zero-order chi connectivity index (χ0) is 11.6. The summed E-state index contributed by atoms with van der Waals surface area (Å²) < 4.78 is 0. The van der Waals surface area contributed by atoms with Gasteiger partial charge in [0.1, 0.15) is 0 Å². The normalized spacial score (nSPS) is 26.1. The van der Waals surface area contributed by atoms with Gasteiger partial charge in [-0.05, 0) is 44.1 Å². The molecule has 0 radical (unpaired) electrons. The van der Waals surface area contributed by atoms with Gasteiger partial charge < -0.3 is 0 Å². The standard InChI is InChI=1S/C14H22O/c1-6-7-12(15)13-11(3)8-10(2)9-14(13,4)5/h6-7,10H,8-9H2,1-5H3. The van der Waals surface area contributed by atoms with Crippen LogP contribution in [0.25, 0.3) is 0 Å². The fourth-order valence-electron chi connectivity index (χ4n) is 3.03. The van der Waals surface area contributed by atoms with Crippen LogP contribution in [0.3, 0.4) is 0 Å². The fourth-order valence-corrected chi connectivity index (χ4v) is 3.03. The molecule has 0 saturated carbocycles. The van der Waals surface area contributed by atoms with E-state index >= 15 is 0 Å². The summed E-state index contributed by atoms with van der Waals surface area (Å²) >= 11 is 0. The van der Waals surface area contributed by atoms with Crippen LogP contribution in [-0.4, -0.2) is 5.78 Å². The number of carbonyl (C=O) groups excluding carboxylic acids is 1. The van der Waals surface area contributed by atoms with Gasteiger partial charge in [-0.15, -0.1) is 0 Å². The number of rotatable bonds is 2. The summed E-state index contributed by atoms with van der Waals surface area (Å²) in [5.74, 6) is 0.897.